The number of pyridine rings is 1. The monoisotopic (exact) mass is 352 g/mol. The lowest BCUT2D eigenvalue weighted by atomic mass is 10.2. The van der Waals surface area contributed by atoms with E-state index in [-0.39, 0.29) is 17.8 Å². The lowest BCUT2D eigenvalue weighted by Gasteiger charge is -2.06. The summed E-state index contributed by atoms with van der Waals surface area (Å²) in [7, 11) is 0. The number of hydrogen-bond acceptors (Lipinski definition) is 6. The standard InChI is InChI=1S/C19H20N4O3/c1-2-3-6-13-25-15-10-8-14(9-11-15)17(24)21-19-23-22-18(26-19)16-7-4-5-12-20-16/h4-5,7-12H,2-3,6,13H2,1H3,(H,21,23,24). The number of ether oxygens (including phenoxy) is 1. The molecule has 1 N–H and O–H groups in total. The molecular weight excluding hydrogens is 332 g/mol. The summed E-state index contributed by atoms with van der Waals surface area (Å²) in [5.41, 5.74) is 1.02. The van der Waals surface area contributed by atoms with Gasteiger partial charge in [0.15, 0.2) is 0 Å². The number of unbranched alkanes of at least 4 members (excludes halogenated alkanes) is 2. The Bertz CT molecular complexity index is 832. The van der Waals surface area contributed by atoms with Crippen molar-refractivity contribution in [2.75, 3.05) is 11.9 Å². The molecule has 1 aromatic carbocycles. The molecule has 3 aromatic rings. The van der Waals surface area contributed by atoms with Gasteiger partial charge in [0.05, 0.1) is 6.61 Å². The first-order chi connectivity index (χ1) is 12.8. The number of amides is 1. The Labute approximate surface area is 151 Å². The van der Waals surface area contributed by atoms with Crippen LogP contribution in [0.2, 0.25) is 0 Å². The average molecular weight is 352 g/mol. The summed E-state index contributed by atoms with van der Waals surface area (Å²) in [5.74, 6) is 0.656. The molecule has 0 aliphatic heterocycles. The maximum absolute atomic E-state index is 12.3. The fraction of sp³-hybridized carbons (Fsp3) is 0.263. The highest BCUT2D eigenvalue weighted by Gasteiger charge is 2.13. The molecule has 26 heavy (non-hydrogen) atoms. The van der Waals surface area contributed by atoms with E-state index in [2.05, 4.69) is 27.4 Å². The minimum absolute atomic E-state index is 0.0237. The molecule has 0 atom stereocenters. The van der Waals surface area contributed by atoms with Gasteiger partial charge < -0.3 is 9.15 Å². The smallest absolute Gasteiger partial charge is 0.322 e. The summed E-state index contributed by atoms with van der Waals surface area (Å²) < 4.78 is 11.1. The van der Waals surface area contributed by atoms with E-state index in [9.17, 15) is 4.79 Å². The van der Waals surface area contributed by atoms with Crippen molar-refractivity contribution in [3.8, 4) is 17.3 Å². The van der Waals surface area contributed by atoms with Crippen LogP contribution in [0.1, 0.15) is 36.5 Å². The number of nitrogens with zero attached hydrogens (tertiary/aromatic N) is 3. The third-order valence-corrected chi connectivity index (χ3v) is 3.66. The SMILES string of the molecule is CCCCCOc1ccc(C(=O)Nc2nnc(-c3ccccn3)o2)cc1. The Balaban J connectivity index is 1.57. The van der Waals surface area contributed by atoms with E-state index in [1.54, 1.807) is 42.6 Å². The van der Waals surface area contributed by atoms with Crippen molar-refractivity contribution in [1.29, 1.82) is 0 Å². The van der Waals surface area contributed by atoms with Gasteiger partial charge in [-0.1, -0.05) is 30.9 Å². The first-order valence-corrected chi connectivity index (χ1v) is 8.55. The minimum atomic E-state index is -0.334. The number of anilines is 1. The van der Waals surface area contributed by atoms with Crippen LogP contribution in [0.5, 0.6) is 5.75 Å². The predicted molar refractivity (Wildman–Crippen MR) is 96.9 cm³/mol. The molecule has 1 amide bonds. The molecule has 0 unspecified atom stereocenters. The van der Waals surface area contributed by atoms with E-state index in [1.807, 2.05) is 6.07 Å². The van der Waals surface area contributed by atoms with Crippen molar-refractivity contribution in [1.82, 2.24) is 15.2 Å². The van der Waals surface area contributed by atoms with Crippen molar-refractivity contribution in [2.24, 2.45) is 0 Å². The van der Waals surface area contributed by atoms with Crippen LogP contribution >= 0.6 is 0 Å². The fourth-order valence-corrected chi connectivity index (χ4v) is 2.28. The highest BCUT2D eigenvalue weighted by molar-refractivity contribution is 6.03. The van der Waals surface area contributed by atoms with Crippen LogP contribution in [0.25, 0.3) is 11.6 Å². The van der Waals surface area contributed by atoms with Gasteiger partial charge in [0.2, 0.25) is 0 Å². The van der Waals surface area contributed by atoms with Gasteiger partial charge in [-0.05, 0) is 42.8 Å². The Morgan fingerprint density at radius 1 is 1.12 bits per heavy atom. The van der Waals surface area contributed by atoms with Gasteiger partial charge in [0.25, 0.3) is 11.8 Å². The third-order valence-electron chi connectivity index (χ3n) is 3.66. The molecule has 0 saturated carbocycles. The fourth-order valence-electron chi connectivity index (χ4n) is 2.28. The van der Waals surface area contributed by atoms with Gasteiger partial charge in [0.1, 0.15) is 11.4 Å². The molecule has 0 aliphatic rings. The van der Waals surface area contributed by atoms with Gasteiger partial charge in [0, 0.05) is 11.8 Å². The molecule has 2 heterocycles. The number of hydrogen-bond donors (Lipinski definition) is 1. The summed E-state index contributed by atoms with van der Waals surface area (Å²) in [4.78, 5) is 16.4. The second-order valence-corrected chi connectivity index (χ2v) is 5.66. The van der Waals surface area contributed by atoms with Crippen LogP contribution < -0.4 is 10.1 Å². The molecule has 0 fully saturated rings. The predicted octanol–water partition coefficient (Wildman–Crippen LogP) is 3.95. The Hall–Kier alpha value is -3.22. The lowest BCUT2D eigenvalue weighted by Crippen LogP contribution is -2.12. The number of aromatic nitrogens is 3. The molecule has 0 radical (unpaired) electrons. The van der Waals surface area contributed by atoms with Crippen LogP contribution in [-0.4, -0.2) is 27.7 Å². The molecule has 2 aromatic heterocycles. The summed E-state index contributed by atoms with van der Waals surface area (Å²) in [6.45, 7) is 2.83. The molecular formula is C19H20N4O3. The maximum atomic E-state index is 12.3. The summed E-state index contributed by atoms with van der Waals surface area (Å²) >= 11 is 0. The molecule has 7 heteroatoms. The number of benzene rings is 1. The summed E-state index contributed by atoms with van der Waals surface area (Å²) in [6.07, 6.45) is 4.95. The third kappa shape index (κ3) is 4.66. The molecule has 0 saturated heterocycles. The average Bonchev–Trinajstić information content (AvgIpc) is 3.15. The van der Waals surface area contributed by atoms with Crippen LogP contribution in [0, 0.1) is 0 Å². The number of carbonyl (C=O) groups excluding carboxylic acids is 1. The molecule has 0 aliphatic carbocycles. The van der Waals surface area contributed by atoms with Gasteiger partial charge in [-0.2, -0.15) is 0 Å². The summed E-state index contributed by atoms with van der Waals surface area (Å²) in [6, 6.07) is 12.3. The largest absolute Gasteiger partial charge is 0.494 e. The second kappa shape index (κ2) is 8.75. The molecule has 134 valence electrons. The summed E-state index contributed by atoms with van der Waals surface area (Å²) in [5, 5.41) is 10.3. The first kappa shape index (κ1) is 17.6. The van der Waals surface area contributed by atoms with Crippen molar-refractivity contribution >= 4 is 11.9 Å². The van der Waals surface area contributed by atoms with Crippen LogP contribution in [0.3, 0.4) is 0 Å². The highest BCUT2D eigenvalue weighted by atomic mass is 16.5. The Morgan fingerprint density at radius 3 is 2.69 bits per heavy atom. The Kier molecular flexibility index (Phi) is 5.92. The Morgan fingerprint density at radius 2 is 1.96 bits per heavy atom. The second-order valence-electron chi connectivity index (χ2n) is 5.66. The molecule has 0 bridgehead atoms. The number of rotatable bonds is 8. The normalized spacial score (nSPS) is 10.5. The van der Waals surface area contributed by atoms with Crippen molar-refractivity contribution in [3.05, 3.63) is 54.2 Å². The minimum Gasteiger partial charge on any atom is -0.494 e. The molecule has 0 spiro atoms. The molecule has 7 nitrogen and oxygen atoms in total. The highest BCUT2D eigenvalue weighted by Crippen LogP contribution is 2.18. The quantitative estimate of drug-likeness (QED) is 0.617. The van der Waals surface area contributed by atoms with Crippen molar-refractivity contribution < 1.29 is 13.9 Å². The van der Waals surface area contributed by atoms with Crippen LogP contribution in [-0.2, 0) is 0 Å². The van der Waals surface area contributed by atoms with E-state index >= 15 is 0 Å². The van der Waals surface area contributed by atoms with Crippen LogP contribution in [0.4, 0.5) is 6.01 Å². The molecule has 3 rings (SSSR count). The first-order valence-electron chi connectivity index (χ1n) is 8.55. The van der Waals surface area contributed by atoms with Gasteiger partial charge >= 0.3 is 6.01 Å². The van der Waals surface area contributed by atoms with Crippen molar-refractivity contribution in [3.63, 3.8) is 0 Å². The van der Waals surface area contributed by atoms with E-state index < -0.39 is 0 Å². The lowest BCUT2D eigenvalue weighted by molar-refractivity contribution is 0.102. The van der Waals surface area contributed by atoms with E-state index in [0.29, 0.717) is 17.9 Å². The topological polar surface area (TPSA) is 90.1 Å². The van der Waals surface area contributed by atoms with E-state index in [0.717, 1.165) is 25.0 Å². The van der Waals surface area contributed by atoms with Gasteiger partial charge in [-0.3, -0.25) is 15.1 Å². The van der Waals surface area contributed by atoms with E-state index in [1.165, 1.54) is 0 Å². The van der Waals surface area contributed by atoms with E-state index in [4.69, 9.17) is 9.15 Å². The van der Waals surface area contributed by atoms with Gasteiger partial charge in [-0.15, -0.1) is 5.10 Å². The zero-order valence-corrected chi connectivity index (χ0v) is 14.5. The van der Waals surface area contributed by atoms with Crippen LogP contribution in [0.15, 0.2) is 53.1 Å². The number of carbonyl (C=O) groups is 1. The maximum Gasteiger partial charge on any atom is 0.322 e. The van der Waals surface area contributed by atoms with Crippen molar-refractivity contribution in [2.45, 2.75) is 26.2 Å². The van der Waals surface area contributed by atoms with Gasteiger partial charge in [-0.25, -0.2) is 0 Å². The number of nitrogens with one attached hydrogen (secondary N) is 1. The zero-order valence-electron chi connectivity index (χ0n) is 14.5. The zero-order chi connectivity index (χ0) is 18.2.